The topological polar surface area (TPSA) is 49.1 Å². The van der Waals surface area contributed by atoms with Crippen LogP contribution in [0.1, 0.15) is 17.8 Å². The van der Waals surface area contributed by atoms with Gasteiger partial charge in [-0.2, -0.15) is 0 Å². The molecule has 1 saturated carbocycles. The van der Waals surface area contributed by atoms with Crippen molar-refractivity contribution in [1.82, 2.24) is 14.1 Å². The Bertz CT molecular complexity index is 1660. The summed E-state index contributed by atoms with van der Waals surface area (Å²) < 4.78 is 9.56. The summed E-state index contributed by atoms with van der Waals surface area (Å²) >= 11 is 14.2. The summed E-state index contributed by atoms with van der Waals surface area (Å²) in [5, 5.41) is 6.09. The summed E-state index contributed by atoms with van der Waals surface area (Å²) in [4.78, 5) is 18.1. The van der Waals surface area contributed by atoms with Gasteiger partial charge in [-0.15, -0.1) is 11.3 Å². The first-order valence-electron chi connectivity index (χ1n) is 11.5. The molecule has 6 rings (SSSR count). The number of aromatic nitrogens is 3. The Kier molecular flexibility index (Phi) is 5.72. The maximum absolute atomic E-state index is 13.3. The van der Waals surface area contributed by atoms with Gasteiger partial charge in [-0.25, -0.2) is 4.98 Å². The lowest BCUT2D eigenvalue weighted by molar-refractivity contribution is 0.111. The van der Waals surface area contributed by atoms with E-state index in [1.165, 1.54) is 12.8 Å². The molecule has 3 heterocycles. The van der Waals surface area contributed by atoms with Crippen LogP contribution in [0.3, 0.4) is 0 Å². The quantitative estimate of drug-likeness (QED) is 0.239. The number of thiazole rings is 1. The van der Waals surface area contributed by atoms with Gasteiger partial charge in [-0.1, -0.05) is 35.3 Å². The fourth-order valence-corrected chi connectivity index (χ4v) is 5.91. The average Bonchev–Trinajstić information content (AvgIpc) is 3.47. The summed E-state index contributed by atoms with van der Waals surface area (Å²) in [6.07, 6.45) is 2.57. The lowest BCUT2D eigenvalue weighted by Crippen LogP contribution is -2.20. The van der Waals surface area contributed by atoms with Crippen LogP contribution in [0.15, 0.2) is 52.6 Å². The Morgan fingerprint density at radius 3 is 2.63 bits per heavy atom. The predicted molar refractivity (Wildman–Crippen MR) is 145 cm³/mol. The molecule has 0 spiro atoms. The van der Waals surface area contributed by atoms with Crippen LogP contribution in [0.5, 0.6) is 0 Å². The van der Waals surface area contributed by atoms with E-state index < -0.39 is 0 Å². The summed E-state index contributed by atoms with van der Waals surface area (Å²) in [6, 6.07) is 13.5. The van der Waals surface area contributed by atoms with E-state index in [-0.39, 0.29) is 5.56 Å². The molecular formula is C27H23Cl2N3O2S. The minimum absolute atomic E-state index is 0.108. The van der Waals surface area contributed by atoms with Crippen molar-refractivity contribution < 1.29 is 4.74 Å². The molecule has 35 heavy (non-hydrogen) atoms. The fourth-order valence-electron chi connectivity index (χ4n) is 4.66. The smallest absolute Gasteiger partial charge is 0.259 e. The van der Waals surface area contributed by atoms with Gasteiger partial charge in [0.1, 0.15) is 10.7 Å². The molecule has 0 aliphatic heterocycles. The van der Waals surface area contributed by atoms with Crippen molar-refractivity contribution >= 4 is 56.5 Å². The maximum atomic E-state index is 13.3. The van der Waals surface area contributed by atoms with Crippen LogP contribution in [0.25, 0.3) is 44.3 Å². The predicted octanol–water partition coefficient (Wildman–Crippen LogP) is 7.05. The van der Waals surface area contributed by atoms with Gasteiger partial charge in [0.25, 0.3) is 5.56 Å². The highest BCUT2D eigenvalue weighted by atomic mass is 35.5. The SMILES string of the molecule is Cn1c(=O)c(-c2ccc(Cl)cc2Cl)cc2c3cc(-c4csc(COCC5CC5)n4)ccc3n(C)c21. The Labute approximate surface area is 216 Å². The molecule has 8 heteroatoms. The van der Waals surface area contributed by atoms with Crippen molar-refractivity contribution in [3.63, 3.8) is 0 Å². The Morgan fingerprint density at radius 2 is 1.86 bits per heavy atom. The number of hydrogen-bond acceptors (Lipinski definition) is 4. The first-order chi connectivity index (χ1) is 16.9. The van der Waals surface area contributed by atoms with Crippen LogP contribution in [0, 0.1) is 5.92 Å². The molecule has 1 aliphatic carbocycles. The van der Waals surface area contributed by atoms with E-state index in [0.29, 0.717) is 27.8 Å². The lowest BCUT2D eigenvalue weighted by atomic mass is 10.0. The molecule has 1 fully saturated rings. The first kappa shape index (κ1) is 22.8. The molecular weight excluding hydrogens is 501 g/mol. The van der Waals surface area contributed by atoms with Crippen molar-refractivity contribution in [2.24, 2.45) is 20.0 Å². The van der Waals surface area contributed by atoms with Crippen molar-refractivity contribution in [3.8, 4) is 22.4 Å². The second kappa shape index (κ2) is 8.79. The van der Waals surface area contributed by atoms with Crippen molar-refractivity contribution in [3.05, 3.63) is 73.3 Å². The summed E-state index contributed by atoms with van der Waals surface area (Å²) in [7, 11) is 3.78. The molecule has 0 saturated heterocycles. The van der Waals surface area contributed by atoms with Crippen LogP contribution in [-0.4, -0.2) is 20.7 Å². The first-order valence-corrected chi connectivity index (χ1v) is 13.1. The largest absolute Gasteiger partial charge is 0.374 e. The average molecular weight is 524 g/mol. The summed E-state index contributed by atoms with van der Waals surface area (Å²) in [5.41, 5.74) is 4.97. The molecule has 5 nitrogen and oxygen atoms in total. The standard InChI is InChI=1S/C27H23Cl2N3O2S/c1-31-24-8-5-16(23-14-35-25(30-23)13-34-12-15-3-4-15)9-19(24)20-11-21(27(33)32(2)26(20)31)18-7-6-17(28)10-22(18)29/h5-11,14-15H,3-4,12-13H2,1-2H3. The van der Waals surface area contributed by atoms with Crippen LogP contribution in [0.4, 0.5) is 0 Å². The third-order valence-corrected chi connectivity index (χ3v) is 8.06. The van der Waals surface area contributed by atoms with Gasteiger partial charge in [-0.05, 0) is 49.1 Å². The highest BCUT2D eigenvalue weighted by Crippen LogP contribution is 2.35. The number of rotatable bonds is 6. The van der Waals surface area contributed by atoms with Gasteiger partial charge < -0.3 is 9.30 Å². The van der Waals surface area contributed by atoms with Gasteiger partial charge in [0.15, 0.2) is 0 Å². The van der Waals surface area contributed by atoms with E-state index in [4.69, 9.17) is 32.9 Å². The van der Waals surface area contributed by atoms with E-state index in [0.717, 1.165) is 50.7 Å². The van der Waals surface area contributed by atoms with Crippen LogP contribution >= 0.6 is 34.5 Å². The molecule has 2 aromatic carbocycles. The molecule has 0 radical (unpaired) electrons. The van der Waals surface area contributed by atoms with E-state index in [1.54, 1.807) is 41.2 Å². The number of hydrogen-bond donors (Lipinski definition) is 0. The lowest BCUT2D eigenvalue weighted by Gasteiger charge is -2.09. The van der Waals surface area contributed by atoms with Gasteiger partial charge in [0.2, 0.25) is 0 Å². The summed E-state index contributed by atoms with van der Waals surface area (Å²) in [6.45, 7) is 1.39. The van der Waals surface area contributed by atoms with Gasteiger partial charge >= 0.3 is 0 Å². The highest BCUT2D eigenvalue weighted by molar-refractivity contribution is 7.09. The molecule has 0 atom stereocenters. The number of benzene rings is 2. The van der Waals surface area contributed by atoms with Gasteiger partial charge in [0.05, 0.1) is 22.8 Å². The molecule has 0 amide bonds. The van der Waals surface area contributed by atoms with Crippen LogP contribution < -0.4 is 5.56 Å². The number of halogens is 2. The minimum atomic E-state index is -0.108. The molecule has 0 bridgehead atoms. The van der Waals surface area contributed by atoms with Crippen LogP contribution in [0.2, 0.25) is 10.0 Å². The highest BCUT2D eigenvalue weighted by Gasteiger charge is 2.21. The second-order valence-electron chi connectivity index (χ2n) is 9.16. The Morgan fingerprint density at radius 1 is 1.03 bits per heavy atom. The third-order valence-electron chi connectivity index (χ3n) is 6.69. The molecule has 0 N–H and O–H groups in total. The van der Waals surface area contributed by atoms with Crippen LogP contribution in [-0.2, 0) is 25.4 Å². The zero-order valence-corrected chi connectivity index (χ0v) is 21.7. The normalized spacial score (nSPS) is 13.8. The second-order valence-corrected chi connectivity index (χ2v) is 10.9. The molecule has 5 aromatic rings. The fraction of sp³-hybridized carbons (Fsp3) is 0.259. The number of pyridine rings is 1. The number of aryl methyl sites for hydroxylation is 2. The van der Waals surface area contributed by atoms with E-state index in [2.05, 4.69) is 28.1 Å². The molecule has 1 aliphatic rings. The van der Waals surface area contributed by atoms with E-state index in [1.807, 2.05) is 13.1 Å². The van der Waals surface area contributed by atoms with Crippen molar-refractivity contribution in [1.29, 1.82) is 0 Å². The Balaban J connectivity index is 1.46. The zero-order chi connectivity index (χ0) is 24.3. The Hall–Kier alpha value is -2.64. The number of nitrogens with zero attached hydrogens (tertiary/aromatic N) is 3. The molecule has 178 valence electrons. The van der Waals surface area contributed by atoms with Gasteiger partial charge in [-0.3, -0.25) is 9.36 Å². The third kappa shape index (κ3) is 4.08. The minimum Gasteiger partial charge on any atom is -0.374 e. The summed E-state index contributed by atoms with van der Waals surface area (Å²) in [5.74, 6) is 0.742. The number of ether oxygens (including phenoxy) is 1. The van der Waals surface area contributed by atoms with Gasteiger partial charge in [0, 0.05) is 58.6 Å². The monoisotopic (exact) mass is 523 g/mol. The molecule has 3 aromatic heterocycles. The maximum Gasteiger partial charge on any atom is 0.259 e. The van der Waals surface area contributed by atoms with Crippen molar-refractivity contribution in [2.45, 2.75) is 19.4 Å². The van der Waals surface area contributed by atoms with E-state index >= 15 is 0 Å². The van der Waals surface area contributed by atoms with Crippen molar-refractivity contribution in [2.75, 3.05) is 6.61 Å². The molecule has 0 unspecified atom stereocenters. The van der Waals surface area contributed by atoms with E-state index in [9.17, 15) is 4.79 Å². The zero-order valence-electron chi connectivity index (χ0n) is 19.3. The number of fused-ring (bicyclic) bond motifs is 3.